The van der Waals surface area contributed by atoms with Crippen LogP contribution >= 0.6 is 0 Å². The van der Waals surface area contributed by atoms with E-state index in [1.165, 1.54) is 28.3 Å². The molecule has 21 heavy (non-hydrogen) atoms. The molecule has 0 spiro atoms. The van der Waals surface area contributed by atoms with E-state index < -0.39 is 0 Å². The summed E-state index contributed by atoms with van der Waals surface area (Å²) in [6, 6.07) is 11.6. The highest BCUT2D eigenvalue weighted by molar-refractivity contribution is 5.38. The first kappa shape index (κ1) is 15.7. The summed E-state index contributed by atoms with van der Waals surface area (Å²) in [5, 5.41) is 3.50. The van der Waals surface area contributed by atoms with Crippen LogP contribution in [-0.4, -0.2) is 0 Å². The number of benzene rings is 2. The van der Waals surface area contributed by atoms with Gasteiger partial charge in [-0.1, -0.05) is 30.3 Å². The summed E-state index contributed by atoms with van der Waals surface area (Å²) in [5.41, 5.74) is 5.87. The summed E-state index contributed by atoms with van der Waals surface area (Å²) in [4.78, 5) is 0. The minimum atomic E-state index is -0.151. The van der Waals surface area contributed by atoms with Crippen LogP contribution in [0.25, 0.3) is 0 Å². The smallest absolute Gasteiger partial charge is 0.127 e. The number of hydrogen-bond donors (Lipinski definition) is 1. The Hall–Kier alpha value is -1.67. The molecule has 2 aromatic carbocycles. The van der Waals surface area contributed by atoms with Crippen molar-refractivity contribution in [1.29, 1.82) is 0 Å². The number of hydrogen-bond acceptors (Lipinski definition) is 1. The fourth-order valence-corrected chi connectivity index (χ4v) is 2.83. The molecule has 2 atom stereocenters. The van der Waals surface area contributed by atoms with E-state index in [1.807, 2.05) is 19.1 Å². The van der Waals surface area contributed by atoms with Crippen LogP contribution in [0.2, 0.25) is 0 Å². The van der Waals surface area contributed by atoms with Crippen LogP contribution in [0.5, 0.6) is 0 Å². The third-order valence-electron chi connectivity index (χ3n) is 4.22. The fraction of sp³-hybridized carbons (Fsp3) is 0.368. The molecule has 0 radical (unpaired) electrons. The van der Waals surface area contributed by atoms with E-state index in [1.54, 1.807) is 6.07 Å². The third kappa shape index (κ3) is 3.51. The minimum absolute atomic E-state index is 0.0257. The van der Waals surface area contributed by atoms with Crippen LogP contribution in [0.15, 0.2) is 36.4 Å². The lowest BCUT2D eigenvalue weighted by atomic mass is 9.95. The van der Waals surface area contributed by atoms with Crippen molar-refractivity contribution in [1.82, 2.24) is 5.32 Å². The van der Waals surface area contributed by atoms with E-state index >= 15 is 0 Å². The maximum Gasteiger partial charge on any atom is 0.127 e. The standard InChI is InChI=1S/C19H24FN/c1-12-10-14(3)18(11-13(12)2)16(5)21-15(4)17-8-6-7-9-19(17)20/h6-11,15-16,21H,1-5H3/t15-,16?/m1/s1. The van der Waals surface area contributed by atoms with Crippen LogP contribution in [0.1, 0.15) is 53.7 Å². The molecule has 0 fully saturated rings. The van der Waals surface area contributed by atoms with Gasteiger partial charge in [0.25, 0.3) is 0 Å². The van der Waals surface area contributed by atoms with E-state index in [2.05, 4.69) is 45.1 Å². The zero-order valence-electron chi connectivity index (χ0n) is 13.5. The summed E-state index contributed by atoms with van der Waals surface area (Å²) in [6.07, 6.45) is 0. The molecule has 2 aromatic rings. The van der Waals surface area contributed by atoms with Crippen molar-refractivity contribution in [2.75, 3.05) is 0 Å². The first-order valence-corrected chi connectivity index (χ1v) is 7.48. The quantitative estimate of drug-likeness (QED) is 0.818. The van der Waals surface area contributed by atoms with Crippen molar-refractivity contribution in [2.24, 2.45) is 0 Å². The molecule has 0 saturated heterocycles. The van der Waals surface area contributed by atoms with Gasteiger partial charge in [0.1, 0.15) is 5.82 Å². The molecular formula is C19H24FN. The molecular weight excluding hydrogens is 261 g/mol. The number of nitrogens with one attached hydrogen (secondary N) is 1. The van der Waals surface area contributed by atoms with E-state index in [0.29, 0.717) is 5.56 Å². The average Bonchev–Trinajstić information content (AvgIpc) is 2.43. The molecule has 0 aliphatic carbocycles. The second kappa shape index (κ2) is 6.40. The Balaban J connectivity index is 2.20. The maximum absolute atomic E-state index is 13.8. The molecule has 1 N–H and O–H groups in total. The van der Waals surface area contributed by atoms with Gasteiger partial charge in [-0.25, -0.2) is 4.39 Å². The Labute approximate surface area is 127 Å². The Morgan fingerprint density at radius 3 is 2.05 bits per heavy atom. The minimum Gasteiger partial charge on any atom is -0.304 e. The van der Waals surface area contributed by atoms with Crippen molar-refractivity contribution in [3.8, 4) is 0 Å². The maximum atomic E-state index is 13.8. The van der Waals surface area contributed by atoms with Crippen molar-refractivity contribution < 1.29 is 4.39 Å². The van der Waals surface area contributed by atoms with Gasteiger partial charge in [-0.15, -0.1) is 0 Å². The van der Waals surface area contributed by atoms with Crippen LogP contribution < -0.4 is 5.32 Å². The van der Waals surface area contributed by atoms with E-state index in [4.69, 9.17) is 0 Å². The molecule has 0 aliphatic rings. The first-order chi connectivity index (χ1) is 9.90. The number of rotatable bonds is 4. The van der Waals surface area contributed by atoms with Gasteiger partial charge in [0.2, 0.25) is 0 Å². The van der Waals surface area contributed by atoms with Crippen LogP contribution in [0.3, 0.4) is 0 Å². The van der Waals surface area contributed by atoms with E-state index in [9.17, 15) is 4.39 Å². The van der Waals surface area contributed by atoms with Gasteiger partial charge in [0.15, 0.2) is 0 Å². The first-order valence-electron chi connectivity index (χ1n) is 7.48. The largest absolute Gasteiger partial charge is 0.304 e. The van der Waals surface area contributed by atoms with Gasteiger partial charge < -0.3 is 5.32 Å². The summed E-state index contributed by atoms with van der Waals surface area (Å²) >= 11 is 0. The van der Waals surface area contributed by atoms with E-state index in [0.717, 1.165) is 0 Å². The third-order valence-corrected chi connectivity index (χ3v) is 4.22. The summed E-state index contributed by atoms with van der Waals surface area (Å²) in [5.74, 6) is -0.151. The zero-order chi connectivity index (χ0) is 15.6. The Morgan fingerprint density at radius 1 is 0.810 bits per heavy atom. The molecule has 112 valence electrons. The van der Waals surface area contributed by atoms with Crippen molar-refractivity contribution in [3.63, 3.8) is 0 Å². The average molecular weight is 285 g/mol. The second-order valence-electron chi connectivity index (χ2n) is 5.92. The monoisotopic (exact) mass is 285 g/mol. The number of aryl methyl sites for hydroxylation is 3. The second-order valence-corrected chi connectivity index (χ2v) is 5.92. The predicted octanol–water partition coefficient (Wildman–Crippen LogP) is 5.16. The van der Waals surface area contributed by atoms with Gasteiger partial charge in [-0.3, -0.25) is 0 Å². The van der Waals surface area contributed by atoms with Gasteiger partial charge in [-0.05, 0) is 62.9 Å². The van der Waals surface area contributed by atoms with Crippen LogP contribution in [0, 0.1) is 26.6 Å². The highest BCUT2D eigenvalue weighted by atomic mass is 19.1. The topological polar surface area (TPSA) is 12.0 Å². The molecule has 0 bridgehead atoms. The molecule has 0 aliphatic heterocycles. The number of halogens is 1. The predicted molar refractivity (Wildman–Crippen MR) is 87.0 cm³/mol. The molecule has 0 aromatic heterocycles. The molecule has 1 unspecified atom stereocenters. The fourth-order valence-electron chi connectivity index (χ4n) is 2.83. The van der Waals surface area contributed by atoms with Gasteiger partial charge >= 0.3 is 0 Å². The van der Waals surface area contributed by atoms with Crippen molar-refractivity contribution >= 4 is 0 Å². The SMILES string of the molecule is Cc1cc(C)c(C(C)N[C@H](C)c2ccccc2F)cc1C. The highest BCUT2D eigenvalue weighted by Crippen LogP contribution is 2.25. The highest BCUT2D eigenvalue weighted by Gasteiger charge is 2.15. The molecule has 2 heteroatoms. The zero-order valence-corrected chi connectivity index (χ0v) is 13.5. The lowest BCUT2D eigenvalue weighted by Gasteiger charge is -2.23. The Kier molecular flexibility index (Phi) is 4.79. The lowest BCUT2D eigenvalue weighted by molar-refractivity contribution is 0.472. The summed E-state index contributed by atoms with van der Waals surface area (Å²) in [6.45, 7) is 10.5. The summed E-state index contributed by atoms with van der Waals surface area (Å²) in [7, 11) is 0. The lowest BCUT2D eigenvalue weighted by Crippen LogP contribution is -2.24. The van der Waals surface area contributed by atoms with Gasteiger partial charge in [0.05, 0.1) is 0 Å². The van der Waals surface area contributed by atoms with E-state index in [-0.39, 0.29) is 17.9 Å². The summed E-state index contributed by atoms with van der Waals surface area (Å²) < 4.78 is 13.8. The van der Waals surface area contributed by atoms with Crippen molar-refractivity contribution in [2.45, 2.75) is 46.7 Å². The molecule has 2 rings (SSSR count). The molecule has 0 saturated carbocycles. The van der Waals surface area contributed by atoms with Gasteiger partial charge in [-0.2, -0.15) is 0 Å². The molecule has 0 amide bonds. The Morgan fingerprint density at radius 2 is 1.38 bits per heavy atom. The van der Waals surface area contributed by atoms with Crippen molar-refractivity contribution in [3.05, 3.63) is 70.0 Å². The molecule has 0 heterocycles. The Bertz CT molecular complexity index is 633. The van der Waals surface area contributed by atoms with Crippen LogP contribution in [0.4, 0.5) is 4.39 Å². The van der Waals surface area contributed by atoms with Gasteiger partial charge in [0, 0.05) is 17.6 Å². The normalized spacial score (nSPS) is 14.0. The van der Waals surface area contributed by atoms with Crippen LogP contribution in [-0.2, 0) is 0 Å². The molecule has 1 nitrogen and oxygen atoms in total.